The Morgan fingerprint density at radius 3 is 2.24 bits per heavy atom. The number of benzene rings is 2. The van der Waals surface area contributed by atoms with E-state index in [2.05, 4.69) is 16.0 Å². The van der Waals surface area contributed by atoms with E-state index in [1.54, 1.807) is 31.4 Å². The molecule has 1 aliphatic rings. The molecule has 2 aromatic carbocycles. The quantitative estimate of drug-likeness (QED) is 0.564. The van der Waals surface area contributed by atoms with Gasteiger partial charge >= 0.3 is 0 Å². The molecule has 0 bridgehead atoms. The fourth-order valence-corrected chi connectivity index (χ4v) is 4.73. The number of carbonyl (C=O) groups is 2. The highest BCUT2D eigenvalue weighted by atomic mass is 16.5. The summed E-state index contributed by atoms with van der Waals surface area (Å²) in [5, 5.41) is 5.16. The fraction of sp³-hybridized carbons (Fsp3) is 0.385. The van der Waals surface area contributed by atoms with E-state index in [-0.39, 0.29) is 23.2 Å². The number of nitrogens with one attached hydrogen (secondary N) is 2. The highest BCUT2D eigenvalue weighted by Gasteiger charge is 2.41. The van der Waals surface area contributed by atoms with Crippen molar-refractivity contribution < 1.29 is 14.3 Å². The van der Waals surface area contributed by atoms with Crippen molar-refractivity contribution in [1.29, 1.82) is 0 Å². The molecule has 3 aromatic rings. The first-order chi connectivity index (χ1) is 16.4. The summed E-state index contributed by atoms with van der Waals surface area (Å²) in [6.07, 6.45) is 4.32. The Hall–Kier alpha value is -3.68. The fourth-order valence-electron chi connectivity index (χ4n) is 4.73. The molecule has 1 aromatic heterocycles. The summed E-state index contributed by atoms with van der Waals surface area (Å²) in [4.78, 5) is 39.4. The average Bonchev–Trinajstić information content (AvgIpc) is 2.87. The third-order valence-corrected chi connectivity index (χ3v) is 6.61. The summed E-state index contributed by atoms with van der Waals surface area (Å²) in [7, 11) is 1.60. The van der Waals surface area contributed by atoms with Crippen LogP contribution in [0.2, 0.25) is 0 Å². The third-order valence-electron chi connectivity index (χ3n) is 6.61. The summed E-state index contributed by atoms with van der Waals surface area (Å²) in [5.41, 5.74) is 5.20. The lowest BCUT2D eigenvalue weighted by Crippen LogP contribution is -2.52. The number of hydrogen-bond donors (Lipinski definition) is 2. The molecule has 1 heterocycles. The van der Waals surface area contributed by atoms with E-state index in [1.165, 1.54) is 4.68 Å². The van der Waals surface area contributed by atoms with Gasteiger partial charge in [0.25, 0.3) is 11.5 Å². The first-order valence-electron chi connectivity index (χ1n) is 11.6. The van der Waals surface area contributed by atoms with Gasteiger partial charge in [0.2, 0.25) is 5.91 Å². The van der Waals surface area contributed by atoms with Crippen LogP contribution in [0.3, 0.4) is 0 Å². The zero-order valence-corrected chi connectivity index (χ0v) is 19.8. The van der Waals surface area contributed by atoms with Crippen LogP contribution in [0.5, 0.6) is 5.75 Å². The largest absolute Gasteiger partial charge is 0.497 e. The second-order valence-electron chi connectivity index (χ2n) is 9.02. The van der Waals surface area contributed by atoms with Crippen molar-refractivity contribution in [3.63, 3.8) is 0 Å². The maximum atomic E-state index is 13.5. The van der Waals surface area contributed by atoms with Gasteiger partial charge in [0, 0.05) is 5.39 Å². The number of carbonyl (C=O) groups excluding carboxylic acids is 2. The minimum atomic E-state index is -0.732. The van der Waals surface area contributed by atoms with Crippen molar-refractivity contribution in [2.45, 2.75) is 57.4 Å². The molecule has 2 amide bonds. The number of methoxy groups -OCH3 is 1. The van der Waals surface area contributed by atoms with Crippen LogP contribution >= 0.6 is 0 Å². The molecule has 1 fully saturated rings. The number of rotatable bonds is 5. The van der Waals surface area contributed by atoms with Gasteiger partial charge < -0.3 is 4.74 Å². The van der Waals surface area contributed by atoms with Crippen LogP contribution in [0.15, 0.2) is 53.3 Å². The van der Waals surface area contributed by atoms with Gasteiger partial charge in [0.05, 0.1) is 24.0 Å². The minimum Gasteiger partial charge on any atom is -0.497 e. The molecule has 0 unspecified atom stereocenters. The zero-order valence-electron chi connectivity index (χ0n) is 19.8. The normalized spacial score (nSPS) is 15.2. The topological polar surface area (TPSA) is 102 Å². The van der Waals surface area contributed by atoms with E-state index in [4.69, 9.17) is 4.74 Å². The molecular formula is C26H30N4O4. The lowest BCUT2D eigenvalue weighted by atomic mass is 9.69. The summed E-state index contributed by atoms with van der Waals surface area (Å²) in [6, 6.07) is 14.2. The SMILES string of the molecule is COc1ccc(C2(C(=O)NNC(=O)c3nn(C(C)C)c(=O)c4ccccc34)CCCCC2)cc1. The lowest BCUT2D eigenvalue weighted by molar-refractivity contribution is -0.128. The summed E-state index contributed by atoms with van der Waals surface area (Å²) >= 11 is 0. The minimum absolute atomic E-state index is 0.0892. The molecule has 1 saturated carbocycles. The maximum absolute atomic E-state index is 13.5. The number of nitrogens with zero attached hydrogens (tertiary/aromatic N) is 2. The summed E-state index contributed by atoms with van der Waals surface area (Å²) < 4.78 is 6.55. The van der Waals surface area contributed by atoms with E-state index < -0.39 is 11.3 Å². The Morgan fingerprint density at radius 1 is 0.971 bits per heavy atom. The number of hydrazine groups is 1. The molecule has 8 nitrogen and oxygen atoms in total. The van der Waals surface area contributed by atoms with Crippen molar-refractivity contribution in [1.82, 2.24) is 20.6 Å². The zero-order chi connectivity index (χ0) is 24.3. The van der Waals surface area contributed by atoms with Crippen molar-refractivity contribution in [3.8, 4) is 5.75 Å². The van der Waals surface area contributed by atoms with E-state index >= 15 is 0 Å². The van der Waals surface area contributed by atoms with Crippen LogP contribution in [-0.2, 0) is 10.2 Å². The first-order valence-corrected chi connectivity index (χ1v) is 11.6. The van der Waals surface area contributed by atoms with E-state index in [0.29, 0.717) is 23.6 Å². The molecular weight excluding hydrogens is 432 g/mol. The van der Waals surface area contributed by atoms with Crippen LogP contribution in [0.25, 0.3) is 10.8 Å². The van der Waals surface area contributed by atoms with Gasteiger partial charge in [-0.2, -0.15) is 5.10 Å². The molecule has 8 heteroatoms. The highest BCUT2D eigenvalue weighted by Crippen LogP contribution is 2.40. The van der Waals surface area contributed by atoms with Gasteiger partial charge in [-0.25, -0.2) is 4.68 Å². The molecule has 178 valence electrons. The predicted octanol–water partition coefficient (Wildman–Crippen LogP) is 3.65. The van der Waals surface area contributed by atoms with Crippen LogP contribution in [-0.4, -0.2) is 28.7 Å². The maximum Gasteiger partial charge on any atom is 0.290 e. The van der Waals surface area contributed by atoms with Crippen molar-refractivity contribution in [2.24, 2.45) is 0 Å². The average molecular weight is 463 g/mol. The van der Waals surface area contributed by atoms with Crippen LogP contribution in [0.1, 0.15) is 68.0 Å². The third kappa shape index (κ3) is 4.27. The Labute approximate surface area is 198 Å². The smallest absolute Gasteiger partial charge is 0.290 e. The molecule has 2 N–H and O–H groups in total. The standard InChI is InChI=1S/C26H30N4O4/c1-17(2)30-24(32)21-10-6-5-9-20(21)22(29-30)23(31)27-28-25(33)26(15-7-4-8-16-26)18-11-13-19(34-3)14-12-18/h5-6,9-14,17H,4,7-8,15-16H2,1-3H3,(H,27,31)(H,28,33). The van der Waals surface area contributed by atoms with Gasteiger partial charge in [-0.1, -0.05) is 49.6 Å². The Kier molecular flexibility index (Phi) is 6.68. The Bertz CT molecular complexity index is 1260. The highest BCUT2D eigenvalue weighted by molar-refractivity contribution is 6.05. The number of aromatic nitrogens is 2. The molecule has 34 heavy (non-hydrogen) atoms. The van der Waals surface area contributed by atoms with E-state index in [9.17, 15) is 14.4 Å². The van der Waals surface area contributed by atoms with Gasteiger partial charge in [0.15, 0.2) is 5.69 Å². The molecule has 0 aliphatic heterocycles. The van der Waals surface area contributed by atoms with Crippen molar-refractivity contribution in [2.75, 3.05) is 7.11 Å². The number of amides is 2. The second kappa shape index (κ2) is 9.67. The number of ether oxygens (including phenoxy) is 1. The van der Waals surface area contributed by atoms with Crippen LogP contribution < -0.4 is 21.1 Å². The second-order valence-corrected chi connectivity index (χ2v) is 9.02. The molecule has 0 radical (unpaired) electrons. The number of hydrogen-bond acceptors (Lipinski definition) is 5. The van der Waals surface area contributed by atoms with Gasteiger partial charge in [-0.3, -0.25) is 25.2 Å². The van der Waals surface area contributed by atoms with Crippen LogP contribution in [0.4, 0.5) is 0 Å². The molecule has 4 rings (SSSR count). The van der Waals surface area contributed by atoms with Gasteiger partial charge in [0.1, 0.15) is 5.75 Å². The van der Waals surface area contributed by atoms with Gasteiger partial charge in [-0.05, 0) is 50.5 Å². The van der Waals surface area contributed by atoms with E-state index in [0.717, 1.165) is 30.6 Å². The van der Waals surface area contributed by atoms with Crippen LogP contribution in [0, 0.1) is 0 Å². The first kappa shape index (κ1) is 23.5. The van der Waals surface area contributed by atoms with Crippen molar-refractivity contribution in [3.05, 3.63) is 70.1 Å². The predicted molar refractivity (Wildman–Crippen MR) is 130 cm³/mol. The Morgan fingerprint density at radius 2 is 1.62 bits per heavy atom. The molecule has 0 saturated heterocycles. The summed E-state index contributed by atoms with van der Waals surface area (Å²) in [5.74, 6) is -0.103. The molecule has 0 atom stereocenters. The van der Waals surface area contributed by atoms with E-state index in [1.807, 2.05) is 38.1 Å². The van der Waals surface area contributed by atoms with Gasteiger partial charge in [-0.15, -0.1) is 0 Å². The molecule has 1 aliphatic carbocycles. The number of fused-ring (bicyclic) bond motifs is 1. The van der Waals surface area contributed by atoms with Crippen molar-refractivity contribution >= 4 is 22.6 Å². The monoisotopic (exact) mass is 462 g/mol. The Balaban J connectivity index is 1.61. The summed E-state index contributed by atoms with van der Waals surface area (Å²) in [6.45, 7) is 3.66. The lowest BCUT2D eigenvalue weighted by Gasteiger charge is -2.36. The molecule has 0 spiro atoms.